The number of para-hydroxylation sites is 1. The molecule has 2 aromatic rings. The molecule has 2 N–H and O–H groups in total. The van der Waals surface area contributed by atoms with Crippen molar-refractivity contribution in [2.45, 2.75) is 45.4 Å². The summed E-state index contributed by atoms with van der Waals surface area (Å²) in [5, 5.41) is 14.0. The summed E-state index contributed by atoms with van der Waals surface area (Å²) >= 11 is 0. The molecule has 0 spiro atoms. The molecule has 36 heavy (non-hydrogen) atoms. The van der Waals surface area contributed by atoms with Gasteiger partial charge in [0.1, 0.15) is 17.8 Å². The van der Waals surface area contributed by atoms with Crippen LogP contribution in [-0.2, 0) is 32.4 Å². The molecule has 0 amide bonds. The van der Waals surface area contributed by atoms with E-state index in [2.05, 4.69) is 5.32 Å². The van der Waals surface area contributed by atoms with Gasteiger partial charge >= 0.3 is 11.9 Å². The Bertz CT molecular complexity index is 1180. The number of nitrogens with one attached hydrogen (secondary N) is 1. The van der Waals surface area contributed by atoms with E-state index in [9.17, 15) is 19.1 Å². The van der Waals surface area contributed by atoms with Crippen LogP contribution < -0.4 is 10.2 Å². The lowest BCUT2D eigenvalue weighted by molar-refractivity contribution is -0.195. The Morgan fingerprint density at radius 1 is 1.25 bits per heavy atom. The second-order valence-electron chi connectivity index (χ2n) is 9.47. The fourth-order valence-corrected chi connectivity index (χ4v) is 5.40. The average molecular weight is 499 g/mol. The summed E-state index contributed by atoms with van der Waals surface area (Å²) in [7, 11) is 3.17. The van der Waals surface area contributed by atoms with Crippen LogP contribution in [0.3, 0.4) is 0 Å². The van der Waals surface area contributed by atoms with Gasteiger partial charge in [-0.2, -0.15) is 4.89 Å². The molecule has 2 aliphatic heterocycles. The predicted octanol–water partition coefficient (Wildman–Crippen LogP) is 3.77. The molecule has 3 atom stereocenters. The first-order chi connectivity index (χ1) is 17.2. The number of esters is 1. The smallest absolute Gasteiger partial charge is 0.336 e. The van der Waals surface area contributed by atoms with Crippen LogP contribution in [0.15, 0.2) is 53.7 Å². The number of carbonyl (C=O) groups excluding carboxylic acids is 1. The molecule has 0 aliphatic carbocycles. The molecular weight excluding hydrogens is 467 g/mol. The van der Waals surface area contributed by atoms with Gasteiger partial charge < -0.3 is 24.9 Å². The molecule has 2 aliphatic rings. The monoisotopic (exact) mass is 498 g/mol. The number of benzene rings is 2. The van der Waals surface area contributed by atoms with Crippen molar-refractivity contribution in [2.75, 3.05) is 20.7 Å². The van der Waals surface area contributed by atoms with E-state index in [1.54, 1.807) is 25.1 Å². The van der Waals surface area contributed by atoms with E-state index in [1.807, 2.05) is 31.0 Å². The van der Waals surface area contributed by atoms with Gasteiger partial charge in [-0.1, -0.05) is 30.3 Å². The first-order valence-electron chi connectivity index (χ1n) is 11.8. The lowest BCUT2D eigenvalue weighted by Gasteiger charge is -2.47. The SMILES string of the molecule is COC(=O)C1=C(C)NC(C)C(CCN(C)Cc2ccc(F)cc2)(C(=O)O)C1c1cccc2c1OOC2. The minimum absolute atomic E-state index is 0.219. The van der Waals surface area contributed by atoms with Crippen LogP contribution >= 0.6 is 0 Å². The van der Waals surface area contributed by atoms with Crippen molar-refractivity contribution in [3.63, 3.8) is 0 Å². The Balaban J connectivity index is 1.77. The Kier molecular flexibility index (Phi) is 7.33. The number of nitrogens with zero attached hydrogens (tertiary/aromatic N) is 1. The van der Waals surface area contributed by atoms with Crippen LogP contribution in [0.2, 0.25) is 0 Å². The number of methoxy groups -OCH3 is 1. The van der Waals surface area contributed by atoms with Crippen molar-refractivity contribution in [1.29, 1.82) is 0 Å². The summed E-state index contributed by atoms with van der Waals surface area (Å²) in [6.45, 7) is 4.73. The highest BCUT2D eigenvalue weighted by atomic mass is 19.1. The molecule has 0 saturated heterocycles. The molecule has 2 heterocycles. The third-order valence-corrected chi connectivity index (χ3v) is 7.28. The molecule has 9 heteroatoms. The van der Waals surface area contributed by atoms with Crippen LogP contribution in [-0.4, -0.2) is 48.7 Å². The van der Waals surface area contributed by atoms with E-state index >= 15 is 0 Å². The molecule has 2 aromatic carbocycles. The zero-order valence-electron chi connectivity index (χ0n) is 20.8. The number of carbonyl (C=O) groups is 2. The summed E-state index contributed by atoms with van der Waals surface area (Å²) in [5.41, 5.74) is 1.67. The largest absolute Gasteiger partial charge is 0.481 e. The van der Waals surface area contributed by atoms with Gasteiger partial charge in [0.05, 0.1) is 12.7 Å². The lowest BCUT2D eigenvalue weighted by Crippen LogP contribution is -2.57. The maximum atomic E-state index is 13.3. The van der Waals surface area contributed by atoms with Gasteiger partial charge in [-0.3, -0.25) is 4.79 Å². The minimum Gasteiger partial charge on any atom is -0.481 e. The molecule has 4 rings (SSSR count). The number of allylic oxidation sites excluding steroid dienone is 1. The molecule has 0 aromatic heterocycles. The van der Waals surface area contributed by atoms with Crippen LogP contribution in [0.1, 0.15) is 42.9 Å². The first-order valence-corrected chi connectivity index (χ1v) is 11.8. The maximum absolute atomic E-state index is 13.3. The van der Waals surface area contributed by atoms with Gasteiger partial charge in [0.2, 0.25) is 0 Å². The number of ether oxygens (including phenoxy) is 1. The quantitative estimate of drug-likeness (QED) is 0.420. The van der Waals surface area contributed by atoms with E-state index < -0.39 is 29.3 Å². The zero-order valence-corrected chi connectivity index (χ0v) is 20.8. The molecule has 0 saturated carbocycles. The normalized spacial score (nSPS) is 23.2. The zero-order chi connectivity index (χ0) is 26.0. The molecule has 8 nitrogen and oxygen atoms in total. The predicted molar refractivity (Wildman–Crippen MR) is 129 cm³/mol. The molecular formula is C27H31FN2O6. The summed E-state index contributed by atoms with van der Waals surface area (Å²) in [6.07, 6.45) is 0.219. The van der Waals surface area contributed by atoms with Crippen LogP contribution in [0.5, 0.6) is 5.75 Å². The fourth-order valence-electron chi connectivity index (χ4n) is 5.40. The van der Waals surface area contributed by atoms with Crippen molar-refractivity contribution in [2.24, 2.45) is 5.41 Å². The van der Waals surface area contributed by atoms with Gasteiger partial charge in [-0.15, -0.1) is 0 Å². The second kappa shape index (κ2) is 10.3. The van der Waals surface area contributed by atoms with Crippen LogP contribution in [0.4, 0.5) is 4.39 Å². The highest BCUT2D eigenvalue weighted by Gasteiger charge is 2.57. The summed E-state index contributed by atoms with van der Waals surface area (Å²) < 4.78 is 18.4. The number of carboxylic acid groups (broad SMARTS) is 1. The van der Waals surface area contributed by atoms with E-state index in [0.717, 1.165) is 11.1 Å². The van der Waals surface area contributed by atoms with Gasteiger partial charge in [0, 0.05) is 35.3 Å². The van der Waals surface area contributed by atoms with Gasteiger partial charge in [0.15, 0.2) is 5.75 Å². The summed E-state index contributed by atoms with van der Waals surface area (Å²) in [4.78, 5) is 38.9. The Morgan fingerprint density at radius 2 is 1.97 bits per heavy atom. The van der Waals surface area contributed by atoms with Gasteiger partial charge in [-0.25, -0.2) is 9.18 Å². The number of carboxylic acids is 1. The van der Waals surface area contributed by atoms with Crippen LogP contribution in [0, 0.1) is 11.2 Å². The Hall–Kier alpha value is -3.43. The van der Waals surface area contributed by atoms with Crippen molar-refractivity contribution < 1.29 is 33.6 Å². The van der Waals surface area contributed by atoms with E-state index in [-0.39, 0.29) is 24.4 Å². The summed E-state index contributed by atoms with van der Waals surface area (Å²) in [6, 6.07) is 11.1. The molecule has 192 valence electrons. The highest BCUT2D eigenvalue weighted by molar-refractivity contribution is 5.94. The third kappa shape index (κ3) is 4.56. The minimum atomic E-state index is -1.42. The van der Waals surface area contributed by atoms with E-state index in [0.29, 0.717) is 30.1 Å². The molecule has 0 radical (unpaired) electrons. The van der Waals surface area contributed by atoms with Crippen LogP contribution in [0.25, 0.3) is 0 Å². The van der Waals surface area contributed by atoms with Crippen molar-refractivity contribution in [3.05, 3.63) is 76.2 Å². The fraction of sp³-hybridized carbons (Fsp3) is 0.407. The van der Waals surface area contributed by atoms with Gasteiger partial charge in [0.25, 0.3) is 0 Å². The highest BCUT2D eigenvalue weighted by Crippen LogP contribution is 2.53. The van der Waals surface area contributed by atoms with E-state index in [4.69, 9.17) is 14.5 Å². The van der Waals surface area contributed by atoms with Crippen molar-refractivity contribution >= 4 is 11.9 Å². The number of rotatable bonds is 8. The topological polar surface area (TPSA) is 97.3 Å². The lowest BCUT2D eigenvalue weighted by atomic mass is 9.60. The van der Waals surface area contributed by atoms with E-state index in [1.165, 1.54) is 19.2 Å². The van der Waals surface area contributed by atoms with Crippen molar-refractivity contribution in [1.82, 2.24) is 10.2 Å². The Labute approximate surface area is 209 Å². The number of halogens is 1. The Morgan fingerprint density at radius 3 is 2.64 bits per heavy atom. The average Bonchev–Trinajstić information content (AvgIpc) is 3.33. The molecule has 0 fully saturated rings. The number of hydrogen-bond donors (Lipinski definition) is 2. The van der Waals surface area contributed by atoms with Gasteiger partial charge in [-0.05, 0) is 51.6 Å². The second-order valence-corrected chi connectivity index (χ2v) is 9.47. The number of hydrogen-bond acceptors (Lipinski definition) is 7. The number of fused-ring (bicyclic) bond motifs is 1. The molecule has 0 bridgehead atoms. The first kappa shape index (κ1) is 25.7. The van der Waals surface area contributed by atoms with Crippen molar-refractivity contribution in [3.8, 4) is 5.75 Å². The standard InChI is InChI=1S/C27H31FN2O6/c1-16-22(25(31)34-4)23(21-7-5-6-19-15-35-36-24(19)21)27(26(32)33,17(2)29-16)12-13-30(3)14-18-8-10-20(28)11-9-18/h5-11,17,23,29H,12-15H2,1-4H3,(H,32,33). The number of aliphatic carboxylic acids is 1. The maximum Gasteiger partial charge on any atom is 0.336 e. The summed E-state index contributed by atoms with van der Waals surface area (Å²) in [5.74, 6) is -2.35. The molecule has 3 unspecified atom stereocenters. The third-order valence-electron chi connectivity index (χ3n) is 7.28.